The summed E-state index contributed by atoms with van der Waals surface area (Å²) in [6.45, 7) is 8.31. The van der Waals surface area contributed by atoms with E-state index in [0.29, 0.717) is 11.3 Å². The first-order chi connectivity index (χ1) is 15.7. The summed E-state index contributed by atoms with van der Waals surface area (Å²) in [6, 6.07) is 7.40. The smallest absolute Gasteiger partial charge is 0.338 e. The highest BCUT2D eigenvalue weighted by Gasteiger charge is 2.47. The number of sulfonamides is 1. The van der Waals surface area contributed by atoms with Crippen LogP contribution in [-0.2, 0) is 30.9 Å². The number of hydrogen-bond donors (Lipinski definition) is 1. The van der Waals surface area contributed by atoms with Crippen LogP contribution in [0.2, 0.25) is 0 Å². The molecule has 1 saturated heterocycles. The SMILES string of the molecule is Cc1ccc(S(=O)(=O)NCc2ccco2)cc1C(=O)OCC(=O)N1C(C)(C)CC(=O)CC1(C)C. The van der Waals surface area contributed by atoms with Gasteiger partial charge in [-0.2, -0.15) is 0 Å². The van der Waals surface area contributed by atoms with Gasteiger partial charge in [0.15, 0.2) is 6.61 Å². The van der Waals surface area contributed by atoms with Crippen molar-refractivity contribution in [2.24, 2.45) is 0 Å². The summed E-state index contributed by atoms with van der Waals surface area (Å²) in [6.07, 6.45) is 1.88. The van der Waals surface area contributed by atoms with Crippen LogP contribution in [0.4, 0.5) is 0 Å². The van der Waals surface area contributed by atoms with Crippen LogP contribution in [-0.4, -0.2) is 48.7 Å². The Bertz CT molecular complexity index is 1180. The molecule has 0 spiro atoms. The van der Waals surface area contributed by atoms with Crippen LogP contribution >= 0.6 is 0 Å². The van der Waals surface area contributed by atoms with Crippen LogP contribution < -0.4 is 4.72 Å². The normalized spacial score (nSPS) is 17.4. The van der Waals surface area contributed by atoms with E-state index in [-0.39, 0.29) is 35.6 Å². The highest BCUT2D eigenvalue weighted by Crippen LogP contribution is 2.36. The predicted octanol–water partition coefficient (Wildman–Crippen LogP) is 2.97. The summed E-state index contributed by atoms with van der Waals surface area (Å²) in [7, 11) is -3.92. The molecule has 1 aliphatic rings. The van der Waals surface area contributed by atoms with Crippen LogP contribution in [0.3, 0.4) is 0 Å². The summed E-state index contributed by atoms with van der Waals surface area (Å²) in [5.41, 5.74) is -0.884. The molecule has 0 atom stereocenters. The van der Waals surface area contributed by atoms with Gasteiger partial charge in [-0.05, 0) is 64.4 Å². The number of benzene rings is 1. The van der Waals surface area contributed by atoms with E-state index in [1.807, 2.05) is 0 Å². The molecule has 3 rings (SSSR count). The number of furan rings is 1. The number of carbonyl (C=O) groups excluding carboxylic acids is 3. The number of nitrogens with one attached hydrogen (secondary N) is 1. The van der Waals surface area contributed by atoms with Crippen molar-refractivity contribution >= 4 is 27.7 Å². The van der Waals surface area contributed by atoms with Crippen molar-refractivity contribution in [2.75, 3.05) is 6.61 Å². The minimum Gasteiger partial charge on any atom is -0.468 e. The highest BCUT2D eigenvalue weighted by atomic mass is 32.2. The molecule has 184 valence electrons. The van der Waals surface area contributed by atoms with Crippen LogP contribution in [0.25, 0.3) is 0 Å². The zero-order valence-electron chi connectivity index (χ0n) is 20.0. The van der Waals surface area contributed by atoms with Gasteiger partial charge in [0.2, 0.25) is 10.0 Å². The van der Waals surface area contributed by atoms with Crippen molar-refractivity contribution < 1.29 is 32.0 Å². The lowest BCUT2D eigenvalue weighted by molar-refractivity contribution is -0.156. The number of ketones is 1. The zero-order valence-corrected chi connectivity index (χ0v) is 20.8. The lowest BCUT2D eigenvalue weighted by Gasteiger charge is -2.51. The van der Waals surface area contributed by atoms with E-state index in [1.165, 1.54) is 24.5 Å². The molecule has 10 heteroatoms. The van der Waals surface area contributed by atoms with Gasteiger partial charge >= 0.3 is 5.97 Å². The molecule has 0 saturated carbocycles. The molecule has 0 unspecified atom stereocenters. The second-order valence-corrected chi connectivity index (χ2v) is 11.5. The molecule has 1 aromatic heterocycles. The Morgan fingerprint density at radius 2 is 1.76 bits per heavy atom. The average Bonchev–Trinajstić information content (AvgIpc) is 3.22. The Morgan fingerprint density at radius 1 is 1.12 bits per heavy atom. The Kier molecular flexibility index (Phi) is 7.05. The Morgan fingerprint density at radius 3 is 2.35 bits per heavy atom. The lowest BCUT2D eigenvalue weighted by atomic mass is 9.79. The van der Waals surface area contributed by atoms with Gasteiger partial charge in [-0.25, -0.2) is 17.9 Å². The summed E-state index contributed by atoms with van der Waals surface area (Å²) < 4.78 is 38.1. The van der Waals surface area contributed by atoms with E-state index >= 15 is 0 Å². The minimum atomic E-state index is -3.92. The van der Waals surface area contributed by atoms with E-state index in [4.69, 9.17) is 9.15 Å². The third-order valence-corrected chi connectivity index (χ3v) is 7.20. The van der Waals surface area contributed by atoms with Crippen molar-refractivity contribution in [1.29, 1.82) is 0 Å². The van der Waals surface area contributed by atoms with Crippen molar-refractivity contribution in [3.05, 3.63) is 53.5 Å². The summed E-state index contributed by atoms with van der Waals surface area (Å²) >= 11 is 0. The van der Waals surface area contributed by atoms with E-state index in [9.17, 15) is 22.8 Å². The number of rotatable bonds is 7. The van der Waals surface area contributed by atoms with Gasteiger partial charge in [0.25, 0.3) is 5.91 Å². The molecule has 2 heterocycles. The molecule has 0 bridgehead atoms. The fraction of sp³-hybridized carbons (Fsp3) is 0.458. The van der Waals surface area contributed by atoms with E-state index < -0.39 is 39.6 Å². The average molecular weight is 491 g/mol. The molecule has 1 aliphatic heterocycles. The molecule has 0 aliphatic carbocycles. The quantitative estimate of drug-likeness (QED) is 0.592. The first kappa shape index (κ1) is 25.6. The maximum Gasteiger partial charge on any atom is 0.338 e. The third kappa shape index (κ3) is 5.56. The number of likely N-dealkylation sites (tertiary alicyclic amines) is 1. The number of esters is 1. The number of hydrogen-bond acceptors (Lipinski definition) is 7. The van der Waals surface area contributed by atoms with Crippen molar-refractivity contribution in [2.45, 2.75) is 70.0 Å². The standard InChI is InChI=1S/C24H30N2O7S/c1-16-8-9-19(34(30,31)25-14-18-7-6-10-32-18)11-20(16)22(29)33-15-21(28)26-23(2,3)12-17(27)13-24(26,4)5/h6-11,25H,12-15H2,1-5H3. The number of nitrogens with zero attached hydrogens (tertiary/aromatic N) is 1. The largest absolute Gasteiger partial charge is 0.468 e. The third-order valence-electron chi connectivity index (χ3n) is 5.80. The Labute approximate surface area is 199 Å². The molecule has 0 radical (unpaired) electrons. The van der Waals surface area contributed by atoms with Crippen molar-refractivity contribution in [3.8, 4) is 0 Å². The number of piperidine rings is 1. The zero-order chi connectivity index (χ0) is 25.3. The van der Waals surface area contributed by atoms with E-state index in [2.05, 4.69) is 4.72 Å². The lowest BCUT2D eigenvalue weighted by Crippen LogP contribution is -2.63. The van der Waals surface area contributed by atoms with Gasteiger partial charge < -0.3 is 14.1 Å². The maximum atomic E-state index is 13.0. The number of aryl methyl sites for hydroxylation is 1. The topological polar surface area (TPSA) is 123 Å². The summed E-state index contributed by atoms with van der Waals surface area (Å²) in [5.74, 6) is -0.709. The first-order valence-electron chi connectivity index (χ1n) is 10.9. The molecular weight excluding hydrogens is 460 g/mol. The second kappa shape index (κ2) is 9.34. The minimum absolute atomic E-state index is 0.0403. The predicted molar refractivity (Wildman–Crippen MR) is 123 cm³/mol. The summed E-state index contributed by atoms with van der Waals surface area (Å²) in [5, 5.41) is 0. The van der Waals surface area contributed by atoms with Gasteiger partial charge in [0.1, 0.15) is 11.5 Å². The van der Waals surface area contributed by atoms with Crippen LogP contribution in [0.1, 0.15) is 62.2 Å². The molecule has 1 fully saturated rings. The second-order valence-electron chi connectivity index (χ2n) is 9.70. The van der Waals surface area contributed by atoms with E-state index in [0.717, 1.165) is 0 Å². The Hall–Kier alpha value is -2.98. The van der Waals surface area contributed by atoms with E-state index in [1.54, 1.807) is 51.7 Å². The fourth-order valence-electron chi connectivity index (χ4n) is 4.60. The molecule has 9 nitrogen and oxygen atoms in total. The molecule has 2 aromatic rings. The van der Waals surface area contributed by atoms with Crippen molar-refractivity contribution in [3.63, 3.8) is 0 Å². The Balaban J connectivity index is 1.72. The highest BCUT2D eigenvalue weighted by molar-refractivity contribution is 7.89. The van der Waals surface area contributed by atoms with Crippen LogP contribution in [0.5, 0.6) is 0 Å². The summed E-state index contributed by atoms with van der Waals surface area (Å²) in [4.78, 5) is 39.4. The van der Waals surface area contributed by atoms with Crippen LogP contribution in [0, 0.1) is 6.92 Å². The number of ether oxygens (including phenoxy) is 1. The van der Waals surface area contributed by atoms with Crippen LogP contribution in [0.15, 0.2) is 45.9 Å². The molecule has 34 heavy (non-hydrogen) atoms. The molecule has 1 N–H and O–H groups in total. The molecule has 1 amide bonds. The molecular formula is C24H30N2O7S. The maximum absolute atomic E-state index is 13.0. The van der Waals surface area contributed by atoms with Gasteiger partial charge in [0.05, 0.1) is 23.3 Å². The van der Waals surface area contributed by atoms with Gasteiger partial charge in [-0.3, -0.25) is 9.59 Å². The monoisotopic (exact) mass is 490 g/mol. The van der Waals surface area contributed by atoms with Gasteiger partial charge in [0, 0.05) is 23.9 Å². The number of carbonyl (C=O) groups is 3. The van der Waals surface area contributed by atoms with Gasteiger partial charge in [-0.15, -0.1) is 0 Å². The molecule has 1 aromatic carbocycles. The first-order valence-corrected chi connectivity index (χ1v) is 12.4. The number of amides is 1. The van der Waals surface area contributed by atoms with Gasteiger partial charge in [-0.1, -0.05) is 6.07 Å². The number of Topliss-reactive ketones (excluding diaryl/α,β-unsaturated/α-hetero) is 1. The fourth-order valence-corrected chi connectivity index (χ4v) is 5.62. The van der Waals surface area contributed by atoms with Crippen molar-refractivity contribution in [1.82, 2.24) is 9.62 Å².